The number of pyridine rings is 1. The summed E-state index contributed by atoms with van der Waals surface area (Å²) in [5.74, 6) is -0.288. The van der Waals surface area contributed by atoms with Gasteiger partial charge in [0.05, 0.1) is 23.7 Å². The molecule has 9 heteroatoms. The van der Waals surface area contributed by atoms with Gasteiger partial charge in [0, 0.05) is 24.3 Å². The van der Waals surface area contributed by atoms with E-state index >= 15 is 0 Å². The van der Waals surface area contributed by atoms with Crippen LogP contribution < -0.4 is 9.64 Å². The van der Waals surface area contributed by atoms with Gasteiger partial charge in [0.15, 0.2) is 6.61 Å². The minimum Gasteiger partial charge on any atom is -0.482 e. The Labute approximate surface area is 177 Å². The Hall–Kier alpha value is -3.30. The van der Waals surface area contributed by atoms with Crippen LogP contribution in [0.4, 0.5) is 5.69 Å². The summed E-state index contributed by atoms with van der Waals surface area (Å²) < 4.78 is 15.5. The first kappa shape index (κ1) is 20.0. The van der Waals surface area contributed by atoms with Crippen LogP contribution in [0.1, 0.15) is 0 Å². The number of esters is 1. The molecule has 1 aliphatic rings. The van der Waals surface area contributed by atoms with Crippen molar-refractivity contribution in [1.29, 1.82) is 0 Å². The molecule has 1 aromatic carbocycles. The summed E-state index contributed by atoms with van der Waals surface area (Å²) in [4.78, 5) is 34.9. The van der Waals surface area contributed by atoms with Crippen LogP contribution in [0.25, 0.3) is 22.0 Å². The average Bonchev–Trinajstić information content (AvgIpc) is 3.27. The highest BCUT2D eigenvalue weighted by Crippen LogP contribution is 2.37. The summed E-state index contributed by atoms with van der Waals surface area (Å²) in [5, 5.41) is 2.73. The molecule has 0 atom stereocenters. The van der Waals surface area contributed by atoms with E-state index in [1.807, 2.05) is 29.6 Å². The number of methoxy groups -OCH3 is 1. The van der Waals surface area contributed by atoms with E-state index in [0.29, 0.717) is 18.0 Å². The van der Waals surface area contributed by atoms with Crippen molar-refractivity contribution in [3.63, 3.8) is 0 Å². The van der Waals surface area contributed by atoms with Gasteiger partial charge in [-0.25, -0.2) is 4.98 Å². The fourth-order valence-electron chi connectivity index (χ4n) is 2.96. The molecule has 0 saturated carbocycles. The SMILES string of the molecule is COCCOC(=O)CN1C(=O)COc2ccc(-c3csc(-c4ccccn4)n3)cc21. The molecular formula is C21H19N3O5S. The minimum absolute atomic E-state index is 0.127. The Morgan fingerprint density at radius 1 is 1.23 bits per heavy atom. The number of ether oxygens (including phenoxy) is 3. The number of anilines is 1. The standard InChI is InChI=1S/C21H19N3O5S/c1-27-8-9-28-20(26)11-24-17-10-14(5-6-18(17)29-12-19(24)25)16-13-30-21(23-16)15-4-2-3-7-22-15/h2-7,10,13H,8-9,11-12H2,1H3. The van der Waals surface area contributed by atoms with Gasteiger partial charge in [0.25, 0.3) is 5.91 Å². The summed E-state index contributed by atoms with van der Waals surface area (Å²) >= 11 is 1.49. The van der Waals surface area contributed by atoms with Crippen molar-refractivity contribution in [1.82, 2.24) is 9.97 Å². The number of carbonyl (C=O) groups excluding carboxylic acids is 2. The van der Waals surface area contributed by atoms with Crippen molar-refractivity contribution in [2.75, 3.05) is 38.4 Å². The lowest BCUT2D eigenvalue weighted by Gasteiger charge is -2.29. The van der Waals surface area contributed by atoms with Crippen molar-refractivity contribution in [2.45, 2.75) is 0 Å². The molecule has 0 unspecified atom stereocenters. The van der Waals surface area contributed by atoms with Crippen LogP contribution in [0.2, 0.25) is 0 Å². The maximum absolute atomic E-state index is 12.4. The summed E-state index contributed by atoms with van der Waals surface area (Å²) in [6, 6.07) is 11.1. The summed E-state index contributed by atoms with van der Waals surface area (Å²) in [6.45, 7) is 0.110. The van der Waals surface area contributed by atoms with Crippen molar-refractivity contribution in [3.8, 4) is 27.7 Å². The van der Waals surface area contributed by atoms with E-state index in [4.69, 9.17) is 14.2 Å². The van der Waals surface area contributed by atoms with Gasteiger partial charge < -0.3 is 14.2 Å². The maximum Gasteiger partial charge on any atom is 0.326 e. The Balaban J connectivity index is 1.58. The number of aromatic nitrogens is 2. The number of thiazole rings is 1. The van der Waals surface area contributed by atoms with Crippen molar-refractivity contribution < 1.29 is 23.8 Å². The van der Waals surface area contributed by atoms with Crippen LogP contribution >= 0.6 is 11.3 Å². The molecule has 0 bridgehead atoms. The van der Waals surface area contributed by atoms with E-state index in [1.165, 1.54) is 23.3 Å². The topological polar surface area (TPSA) is 90.9 Å². The fourth-order valence-corrected chi connectivity index (χ4v) is 3.77. The smallest absolute Gasteiger partial charge is 0.326 e. The van der Waals surface area contributed by atoms with Gasteiger partial charge in [-0.15, -0.1) is 11.3 Å². The molecular weight excluding hydrogens is 406 g/mol. The van der Waals surface area contributed by atoms with Gasteiger partial charge in [-0.2, -0.15) is 0 Å². The van der Waals surface area contributed by atoms with E-state index < -0.39 is 5.97 Å². The second-order valence-electron chi connectivity index (χ2n) is 6.42. The number of hydrogen-bond donors (Lipinski definition) is 0. The third-order valence-electron chi connectivity index (χ3n) is 4.42. The summed E-state index contributed by atoms with van der Waals surface area (Å²) in [5.41, 5.74) is 2.87. The lowest BCUT2D eigenvalue weighted by molar-refractivity contribution is -0.144. The van der Waals surface area contributed by atoms with Crippen LogP contribution in [-0.4, -0.2) is 55.3 Å². The number of amides is 1. The Kier molecular flexibility index (Phi) is 6.01. The maximum atomic E-state index is 12.4. The first-order chi connectivity index (χ1) is 14.7. The second kappa shape index (κ2) is 9.02. The largest absolute Gasteiger partial charge is 0.482 e. The average molecular weight is 425 g/mol. The van der Waals surface area contributed by atoms with Crippen molar-refractivity contribution in [3.05, 3.63) is 48.0 Å². The van der Waals surface area contributed by atoms with E-state index in [-0.39, 0.29) is 25.7 Å². The van der Waals surface area contributed by atoms with Crippen molar-refractivity contribution >= 4 is 28.9 Å². The van der Waals surface area contributed by atoms with Crippen LogP contribution in [0.5, 0.6) is 5.75 Å². The summed E-state index contributed by atoms with van der Waals surface area (Å²) in [6.07, 6.45) is 1.72. The van der Waals surface area contributed by atoms with Gasteiger partial charge in [0.2, 0.25) is 0 Å². The molecule has 0 saturated heterocycles. The molecule has 30 heavy (non-hydrogen) atoms. The predicted octanol–water partition coefficient (Wildman–Crippen LogP) is 2.79. The number of hydrogen-bond acceptors (Lipinski definition) is 8. The lowest BCUT2D eigenvalue weighted by Crippen LogP contribution is -2.42. The third kappa shape index (κ3) is 4.32. The Bertz CT molecular complexity index is 1050. The molecule has 0 spiro atoms. The highest BCUT2D eigenvalue weighted by atomic mass is 32.1. The van der Waals surface area contributed by atoms with Crippen molar-refractivity contribution in [2.24, 2.45) is 0 Å². The monoisotopic (exact) mass is 425 g/mol. The van der Waals surface area contributed by atoms with Gasteiger partial charge in [-0.1, -0.05) is 6.07 Å². The molecule has 4 rings (SSSR count). The quantitative estimate of drug-likeness (QED) is 0.425. The van der Waals surface area contributed by atoms with Crippen LogP contribution in [0.3, 0.4) is 0 Å². The van der Waals surface area contributed by atoms with Crippen LogP contribution in [0, 0.1) is 0 Å². The number of nitrogens with zero attached hydrogens (tertiary/aromatic N) is 3. The highest BCUT2D eigenvalue weighted by molar-refractivity contribution is 7.13. The number of carbonyl (C=O) groups is 2. The van der Waals surface area contributed by atoms with E-state index in [0.717, 1.165) is 22.0 Å². The van der Waals surface area contributed by atoms with Gasteiger partial charge in [0.1, 0.15) is 23.9 Å². The van der Waals surface area contributed by atoms with Gasteiger partial charge in [-0.3, -0.25) is 19.5 Å². The van der Waals surface area contributed by atoms with Gasteiger partial charge >= 0.3 is 5.97 Å². The van der Waals surface area contributed by atoms with Crippen LogP contribution in [0.15, 0.2) is 48.0 Å². The second-order valence-corrected chi connectivity index (χ2v) is 7.28. The fraction of sp³-hybridized carbons (Fsp3) is 0.238. The molecule has 0 radical (unpaired) electrons. The molecule has 0 fully saturated rings. The summed E-state index contributed by atoms with van der Waals surface area (Å²) in [7, 11) is 1.52. The van der Waals surface area contributed by atoms with E-state index in [1.54, 1.807) is 18.3 Å². The molecule has 2 aromatic heterocycles. The van der Waals surface area contributed by atoms with Gasteiger partial charge in [-0.05, 0) is 30.3 Å². The Morgan fingerprint density at radius 3 is 2.93 bits per heavy atom. The third-order valence-corrected chi connectivity index (χ3v) is 5.29. The molecule has 0 aliphatic carbocycles. The number of rotatable bonds is 7. The zero-order chi connectivity index (χ0) is 20.9. The predicted molar refractivity (Wildman–Crippen MR) is 111 cm³/mol. The molecule has 8 nitrogen and oxygen atoms in total. The number of benzene rings is 1. The molecule has 1 amide bonds. The minimum atomic E-state index is -0.509. The molecule has 3 heterocycles. The number of fused-ring (bicyclic) bond motifs is 1. The molecule has 3 aromatic rings. The molecule has 1 aliphatic heterocycles. The van der Waals surface area contributed by atoms with E-state index in [9.17, 15) is 9.59 Å². The first-order valence-corrected chi connectivity index (χ1v) is 10.1. The Morgan fingerprint density at radius 2 is 2.13 bits per heavy atom. The lowest BCUT2D eigenvalue weighted by atomic mass is 10.1. The molecule has 0 N–H and O–H groups in total. The zero-order valence-corrected chi connectivity index (χ0v) is 17.1. The molecule has 154 valence electrons. The van der Waals surface area contributed by atoms with Crippen LogP contribution in [-0.2, 0) is 19.1 Å². The zero-order valence-electron chi connectivity index (χ0n) is 16.2. The normalized spacial score (nSPS) is 13.0. The highest BCUT2D eigenvalue weighted by Gasteiger charge is 2.28. The van der Waals surface area contributed by atoms with E-state index in [2.05, 4.69) is 9.97 Å². The first-order valence-electron chi connectivity index (χ1n) is 9.25.